The van der Waals surface area contributed by atoms with Gasteiger partial charge in [0.1, 0.15) is 24.2 Å². The number of carboxylic acid groups (broad SMARTS) is 4. The Kier molecular flexibility index (Phi) is 49.8. The number of nitrogens with two attached hydrogens (primary N) is 4. The molecule has 0 aromatic heterocycles. The number of carboxylic acids is 4. The van der Waals surface area contributed by atoms with Crippen molar-refractivity contribution in [3.63, 3.8) is 0 Å². The van der Waals surface area contributed by atoms with Crippen LogP contribution in [0.4, 0.5) is 0 Å². The maximum Gasteiger partial charge on any atom is 0.320 e. The van der Waals surface area contributed by atoms with Crippen LogP contribution in [0.5, 0.6) is 0 Å². The fraction of sp³-hybridized carbons (Fsp3) is 0.800. The zero-order valence-corrected chi connectivity index (χ0v) is 27.3. The van der Waals surface area contributed by atoms with Crippen molar-refractivity contribution in [2.75, 3.05) is 48.0 Å². The third kappa shape index (κ3) is 43.2. The molecule has 0 bridgehead atoms. The third-order valence-corrected chi connectivity index (χ3v) is 6.38. The average Bonchev–Trinajstić information content (AvgIpc) is 2.83. The van der Waals surface area contributed by atoms with Crippen LogP contribution in [0.1, 0.15) is 25.7 Å². The first kappa shape index (κ1) is 50.9. The van der Waals surface area contributed by atoms with Gasteiger partial charge in [-0.05, 0) is 73.7 Å². The summed E-state index contributed by atoms with van der Waals surface area (Å²) < 4.78 is 0. The zero-order valence-electron chi connectivity index (χ0n) is 22.0. The molecule has 0 amide bonds. The fourth-order valence-corrected chi connectivity index (χ4v) is 3.43. The molecule has 234 valence electrons. The van der Waals surface area contributed by atoms with E-state index < -0.39 is 48.0 Å². The van der Waals surface area contributed by atoms with Gasteiger partial charge in [-0.2, -0.15) is 47.0 Å². The Morgan fingerprint density at radius 3 is 0.684 bits per heavy atom. The second-order valence-corrected chi connectivity index (χ2v) is 10.8. The normalized spacial score (nSPS) is 12.4. The van der Waals surface area contributed by atoms with Crippen LogP contribution in [-0.4, -0.2) is 117 Å². The quantitative estimate of drug-likeness (QED) is 0.109. The van der Waals surface area contributed by atoms with E-state index in [2.05, 4.69) is 0 Å². The van der Waals surface area contributed by atoms with E-state index in [9.17, 15) is 19.2 Å². The van der Waals surface area contributed by atoms with E-state index in [-0.39, 0.29) is 33.6 Å². The molecule has 12 nitrogen and oxygen atoms in total. The second-order valence-electron chi connectivity index (χ2n) is 6.90. The molecule has 0 fully saturated rings. The molecule has 0 aliphatic carbocycles. The number of thioether (sulfide) groups is 4. The van der Waals surface area contributed by atoms with E-state index in [1.54, 1.807) is 47.0 Å². The molecule has 0 saturated heterocycles. The molecule has 0 aromatic rings. The topological polar surface area (TPSA) is 253 Å². The first-order valence-corrected chi connectivity index (χ1v) is 16.2. The van der Waals surface area contributed by atoms with Crippen molar-refractivity contribution < 1.29 is 73.2 Å². The largest absolute Gasteiger partial charge is 0.480 e. The molecule has 0 rings (SSSR count). The Morgan fingerprint density at radius 2 is 0.605 bits per heavy atom. The van der Waals surface area contributed by atoms with Gasteiger partial charge in [-0.1, -0.05) is 0 Å². The number of hydrogen-bond donors (Lipinski definition) is 8. The van der Waals surface area contributed by atoms with Gasteiger partial charge in [0.05, 0.1) is 0 Å². The molecule has 18 heteroatoms. The van der Waals surface area contributed by atoms with Crippen LogP contribution in [0.2, 0.25) is 0 Å². The minimum atomic E-state index is -0.913. The SMILES string of the molecule is CSCC[C@H](N)C(=O)O.CSCC[C@H](N)C(=O)O.CSCC[C@H](N)C(=O)O.CSCC[C@H](N)C(=O)O.[Co].[Co]. The summed E-state index contributed by atoms with van der Waals surface area (Å²) in [6, 6.07) is -2.73. The first-order valence-electron chi connectivity index (χ1n) is 10.6. The second kappa shape index (κ2) is 37.1. The Labute approximate surface area is 263 Å². The van der Waals surface area contributed by atoms with Crippen LogP contribution in [0.25, 0.3) is 0 Å². The predicted molar refractivity (Wildman–Crippen MR) is 154 cm³/mol. The molecule has 38 heavy (non-hydrogen) atoms. The molecular weight excluding hydrogens is 670 g/mol. The number of aliphatic carboxylic acids is 4. The van der Waals surface area contributed by atoms with E-state index in [4.69, 9.17) is 43.4 Å². The van der Waals surface area contributed by atoms with E-state index in [0.29, 0.717) is 25.7 Å². The van der Waals surface area contributed by atoms with Crippen LogP contribution in [0.3, 0.4) is 0 Å². The monoisotopic (exact) mass is 714 g/mol. The van der Waals surface area contributed by atoms with Crippen molar-refractivity contribution in [3.05, 3.63) is 0 Å². The summed E-state index contributed by atoms with van der Waals surface area (Å²) in [5, 5.41) is 33.1. The summed E-state index contributed by atoms with van der Waals surface area (Å²) in [5.74, 6) is -0.400. The van der Waals surface area contributed by atoms with Crippen LogP contribution in [-0.2, 0) is 52.7 Å². The Hall–Kier alpha value is 0.133. The van der Waals surface area contributed by atoms with Crippen LogP contribution < -0.4 is 22.9 Å². The van der Waals surface area contributed by atoms with Crippen molar-refractivity contribution in [1.29, 1.82) is 0 Å². The summed E-state index contributed by atoms with van der Waals surface area (Å²) in [7, 11) is 0. The van der Waals surface area contributed by atoms with E-state index >= 15 is 0 Å². The third-order valence-electron chi connectivity index (χ3n) is 3.80. The van der Waals surface area contributed by atoms with E-state index in [1.165, 1.54) is 0 Å². The molecule has 0 saturated carbocycles. The maximum atomic E-state index is 10.1. The minimum absolute atomic E-state index is 0. The number of carbonyl (C=O) groups is 4. The summed E-state index contributed by atoms with van der Waals surface area (Å²) in [4.78, 5) is 40.3. The van der Waals surface area contributed by atoms with Gasteiger partial charge in [0, 0.05) is 33.6 Å². The van der Waals surface area contributed by atoms with E-state index in [1.807, 2.05) is 25.0 Å². The summed E-state index contributed by atoms with van der Waals surface area (Å²) in [6.07, 6.45) is 9.91. The zero-order chi connectivity index (χ0) is 29.1. The molecule has 0 aliphatic heterocycles. The summed E-state index contributed by atoms with van der Waals surface area (Å²) in [5.41, 5.74) is 20.8. The van der Waals surface area contributed by atoms with Crippen LogP contribution >= 0.6 is 47.0 Å². The summed E-state index contributed by atoms with van der Waals surface area (Å²) >= 11 is 6.42. The van der Waals surface area contributed by atoms with Gasteiger partial charge < -0.3 is 43.4 Å². The molecule has 2 radical (unpaired) electrons. The van der Waals surface area contributed by atoms with Crippen LogP contribution in [0.15, 0.2) is 0 Å². The Bertz CT molecular complexity index is 495. The van der Waals surface area contributed by atoms with Crippen LogP contribution in [0, 0.1) is 0 Å². The predicted octanol–water partition coefficient (Wildman–Crippen LogP) is 0.601. The van der Waals surface area contributed by atoms with Crippen molar-refractivity contribution in [2.45, 2.75) is 49.9 Å². The first-order chi connectivity index (χ1) is 16.7. The van der Waals surface area contributed by atoms with Gasteiger partial charge in [-0.3, -0.25) is 19.2 Å². The average molecular weight is 715 g/mol. The molecule has 0 unspecified atom stereocenters. The van der Waals surface area contributed by atoms with Gasteiger partial charge in [-0.25, -0.2) is 0 Å². The summed E-state index contributed by atoms with van der Waals surface area (Å²) in [6.45, 7) is 0. The molecular formula is C20H44Co2N4O8S4. The molecule has 0 heterocycles. The van der Waals surface area contributed by atoms with Gasteiger partial charge in [0.15, 0.2) is 0 Å². The van der Waals surface area contributed by atoms with Gasteiger partial charge >= 0.3 is 23.9 Å². The van der Waals surface area contributed by atoms with Crippen molar-refractivity contribution in [3.8, 4) is 0 Å². The van der Waals surface area contributed by atoms with Gasteiger partial charge in [-0.15, -0.1) is 0 Å². The Balaban J connectivity index is -0.0000000883. The minimum Gasteiger partial charge on any atom is -0.480 e. The standard InChI is InChI=1S/4C5H11NO2S.2Co/c4*1-9-3-2-4(6)5(7)8;;/h4*4H,2-3,6H2,1H3,(H,7,8);;/t4*4-;;/m0000../s1. The number of rotatable bonds is 16. The molecule has 4 atom stereocenters. The maximum absolute atomic E-state index is 10.1. The van der Waals surface area contributed by atoms with Gasteiger partial charge in [0.2, 0.25) is 0 Å². The molecule has 0 aromatic carbocycles. The molecule has 12 N–H and O–H groups in total. The van der Waals surface area contributed by atoms with Crippen molar-refractivity contribution in [1.82, 2.24) is 0 Å². The molecule has 0 aliphatic rings. The molecule has 0 spiro atoms. The number of hydrogen-bond acceptors (Lipinski definition) is 12. The van der Waals surface area contributed by atoms with E-state index in [0.717, 1.165) is 23.0 Å². The van der Waals surface area contributed by atoms with Gasteiger partial charge in [0.25, 0.3) is 0 Å². The van der Waals surface area contributed by atoms with Crippen molar-refractivity contribution in [2.24, 2.45) is 22.9 Å². The fourth-order valence-electron chi connectivity index (χ4n) is 1.47. The smallest absolute Gasteiger partial charge is 0.320 e. The van der Waals surface area contributed by atoms with Crippen molar-refractivity contribution >= 4 is 70.9 Å². The Morgan fingerprint density at radius 1 is 0.474 bits per heavy atom.